The number of nitrogens with zero attached hydrogens (tertiary/aromatic N) is 2. The summed E-state index contributed by atoms with van der Waals surface area (Å²) in [6.45, 7) is 0. The molecule has 0 aliphatic rings. The average molecular weight is 585 g/mol. The van der Waals surface area contributed by atoms with Gasteiger partial charge in [-0.1, -0.05) is 72.8 Å². The molecule has 0 amide bonds. The van der Waals surface area contributed by atoms with Gasteiger partial charge in [-0.25, -0.2) is 0 Å². The Balaban J connectivity index is 1.22. The van der Waals surface area contributed by atoms with Crippen molar-refractivity contribution in [2.24, 2.45) is 0 Å². The number of anilines is 3. The Labute approximate surface area is 256 Å². The Morgan fingerprint density at radius 2 is 1.02 bits per heavy atom. The normalized spacial score (nSPS) is 11.7. The zero-order valence-corrected chi connectivity index (χ0v) is 24.7. The van der Waals surface area contributed by atoms with Crippen LogP contribution in [0.1, 0.15) is 0 Å². The van der Waals surface area contributed by atoms with Crippen molar-refractivity contribution >= 4 is 90.9 Å². The molecule has 0 atom stereocenters. The van der Waals surface area contributed by atoms with Crippen LogP contribution >= 0.6 is 22.7 Å². The van der Waals surface area contributed by atoms with Crippen LogP contribution in [0.5, 0.6) is 0 Å². The lowest BCUT2D eigenvalue weighted by Gasteiger charge is -2.26. The zero-order valence-electron chi connectivity index (χ0n) is 23.1. The van der Waals surface area contributed by atoms with E-state index in [9.17, 15) is 0 Å². The van der Waals surface area contributed by atoms with Crippen LogP contribution < -0.4 is 4.90 Å². The van der Waals surface area contributed by atoms with E-state index in [1.54, 1.807) is 0 Å². The molecule has 0 aliphatic carbocycles. The first kappa shape index (κ1) is 24.6. The minimum Gasteiger partial charge on any atom is -0.310 e. The van der Waals surface area contributed by atoms with Crippen molar-refractivity contribution in [1.29, 1.82) is 0 Å². The van der Waals surface area contributed by atoms with Gasteiger partial charge in [0, 0.05) is 75.2 Å². The Morgan fingerprint density at radius 1 is 0.419 bits per heavy atom. The molecule has 0 saturated heterocycles. The van der Waals surface area contributed by atoms with Crippen LogP contribution in [0, 0.1) is 0 Å². The summed E-state index contributed by atoms with van der Waals surface area (Å²) in [6.07, 6.45) is 3.82. The number of rotatable bonds is 4. The Bertz CT molecular complexity index is 2450. The summed E-state index contributed by atoms with van der Waals surface area (Å²) in [5, 5.41) is 7.63. The molecular weight excluding hydrogens is 561 g/mol. The molecule has 6 aromatic carbocycles. The summed E-state index contributed by atoms with van der Waals surface area (Å²) in [5.74, 6) is 0. The third-order valence-electron chi connectivity index (χ3n) is 8.33. The highest BCUT2D eigenvalue weighted by Gasteiger charge is 2.17. The Kier molecular flexibility index (Phi) is 5.58. The molecule has 3 aromatic heterocycles. The van der Waals surface area contributed by atoms with Crippen LogP contribution in [0.4, 0.5) is 17.1 Å². The largest absolute Gasteiger partial charge is 0.310 e. The predicted octanol–water partition coefficient (Wildman–Crippen LogP) is 12.1. The van der Waals surface area contributed by atoms with Gasteiger partial charge in [0.15, 0.2) is 0 Å². The lowest BCUT2D eigenvalue weighted by Crippen LogP contribution is -2.09. The number of thiophene rings is 2. The second kappa shape index (κ2) is 9.77. The maximum absolute atomic E-state index is 4.34. The maximum atomic E-state index is 4.34. The summed E-state index contributed by atoms with van der Waals surface area (Å²) in [7, 11) is 0. The quantitative estimate of drug-likeness (QED) is 0.205. The van der Waals surface area contributed by atoms with E-state index in [2.05, 4.69) is 143 Å². The molecule has 0 fully saturated rings. The van der Waals surface area contributed by atoms with E-state index in [1.807, 2.05) is 35.1 Å². The standard InChI is InChI=1S/C39H24N2S2/c1-2-6-25(7-3-1)26-10-12-29(13-11-26)41(30-14-16-33-32-8-4-5-9-36(32)42-38(33)22-30)31-15-17-34-35-20-27-18-19-40-24-28(27)21-37(35)43-39(34)23-31/h1-24H. The molecule has 0 aliphatic heterocycles. The lowest BCUT2D eigenvalue weighted by molar-refractivity contribution is 1.30. The molecule has 0 unspecified atom stereocenters. The van der Waals surface area contributed by atoms with Crippen LogP contribution in [0.25, 0.3) is 62.2 Å². The van der Waals surface area contributed by atoms with Gasteiger partial charge in [-0.2, -0.15) is 0 Å². The van der Waals surface area contributed by atoms with E-state index in [1.165, 1.54) is 62.2 Å². The van der Waals surface area contributed by atoms with Crippen LogP contribution in [-0.2, 0) is 0 Å². The van der Waals surface area contributed by atoms with Crippen molar-refractivity contribution in [3.05, 3.63) is 146 Å². The molecule has 2 nitrogen and oxygen atoms in total. The molecule has 9 rings (SSSR count). The Morgan fingerprint density at radius 3 is 1.81 bits per heavy atom. The number of hydrogen-bond acceptors (Lipinski definition) is 4. The molecule has 0 radical (unpaired) electrons. The number of benzene rings is 6. The summed E-state index contributed by atoms with van der Waals surface area (Å²) in [5.41, 5.74) is 5.88. The summed E-state index contributed by atoms with van der Waals surface area (Å²) < 4.78 is 5.19. The fourth-order valence-electron chi connectivity index (χ4n) is 6.22. The van der Waals surface area contributed by atoms with Crippen molar-refractivity contribution < 1.29 is 0 Å². The molecule has 43 heavy (non-hydrogen) atoms. The van der Waals surface area contributed by atoms with Gasteiger partial charge in [0.1, 0.15) is 0 Å². The second-order valence-electron chi connectivity index (χ2n) is 10.9. The lowest BCUT2D eigenvalue weighted by atomic mass is 10.0. The van der Waals surface area contributed by atoms with Crippen molar-refractivity contribution in [2.45, 2.75) is 0 Å². The average Bonchev–Trinajstić information content (AvgIpc) is 3.61. The van der Waals surface area contributed by atoms with Crippen LogP contribution in [0.2, 0.25) is 0 Å². The fraction of sp³-hybridized carbons (Fsp3) is 0. The van der Waals surface area contributed by atoms with Crippen molar-refractivity contribution in [2.75, 3.05) is 4.90 Å². The fourth-order valence-corrected chi connectivity index (χ4v) is 8.53. The zero-order chi connectivity index (χ0) is 28.3. The highest BCUT2D eigenvalue weighted by molar-refractivity contribution is 7.26. The van der Waals surface area contributed by atoms with Crippen molar-refractivity contribution in [3.63, 3.8) is 0 Å². The van der Waals surface area contributed by atoms with Crippen molar-refractivity contribution in [1.82, 2.24) is 4.98 Å². The highest BCUT2D eigenvalue weighted by atomic mass is 32.1. The molecule has 0 bridgehead atoms. The van der Waals surface area contributed by atoms with Gasteiger partial charge in [0.2, 0.25) is 0 Å². The monoisotopic (exact) mass is 584 g/mol. The first-order valence-electron chi connectivity index (χ1n) is 14.4. The van der Waals surface area contributed by atoms with E-state index in [4.69, 9.17) is 0 Å². The summed E-state index contributed by atoms with van der Waals surface area (Å²) >= 11 is 3.71. The first-order chi connectivity index (χ1) is 21.3. The van der Waals surface area contributed by atoms with Gasteiger partial charge < -0.3 is 4.90 Å². The minimum atomic E-state index is 1.14. The molecule has 3 heterocycles. The van der Waals surface area contributed by atoms with Gasteiger partial charge in [-0.15, -0.1) is 22.7 Å². The van der Waals surface area contributed by atoms with E-state index in [-0.39, 0.29) is 0 Å². The smallest absolute Gasteiger partial charge is 0.0476 e. The summed E-state index contributed by atoms with van der Waals surface area (Å²) in [4.78, 5) is 6.73. The number of hydrogen-bond donors (Lipinski definition) is 0. The third-order valence-corrected chi connectivity index (χ3v) is 10.6. The van der Waals surface area contributed by atoms with Gasteiger partial charge >= 0.3 is 0 Å². The number of aromatic nitrogens is 1. The number of pyridine rings is 1. The number of fused-ring (bicyclic) bond motifs is 7. The van der Waals surface area contributed by atoms with E-state index >= 15 is 0 Å². The van der Waals surface area contributed by atoms with E-state index in [0.717, 1.165) is 17.1 Å². The van der Waals surface area contributed by atoms with Gasteiger partial charge in [0.05, 0.1) is 0 Å². The van der Waals surface area contributed by atoms with Gasteiger partial charge in [-0.3, -0.25) is 4.98 Å². The Hall–Kier alpha value is -5.03. The summed E-state index contributed by atoms with van der Waals surface area (Å²) in [6, 6.07) is 48.7. The van der Waals surface area contributed by atoms with Gasteiger partial charge in [0.25, 0.3) is 0 Å². The molecule has 9 aromatic rings. The van der Waals surface area contributed by atoms with Gasteiger partial charge in [-0.05, 0) is 77.2 Å². The minimum absolute atomic E-state index is 1.14. The highest BCUT2D eigenvalue weighted by Crippen LogP contribution is 2.44. The van der Waals surface area contributed by atoms with Crippen LogP contribution in [0.3, 0.4) is 0 Å². The molecule has 0 saturated carbocycles. The van der Waals surface area contributed by atoms with E-state index < -0.39 is 0 Å². The maximum Gasteiger partial charge on any atom is 0.0476 e. The molecule has 4 heteroatoms. The second-order valence-corrected chi connectivity index (χ2v) is 13.0. The predicted molar refractivity (Wildman–Crippen MR) is 188 cm³/mol. The topological polar surface area (TPSA) is 16.1 Å². The van der Waals surface area contributed by atoms with E-state index in [0.29, 0.717) is 0 Å². The van der Waals surface area contributed by atoms with Crippen LogP contribution in [-0.4, -0.2) is 4.98 Å². The van der Waals surface area contributed by atoms with Crippen LogP contribution in [0.15, 0.2) is 146 Å². The molecule has 0 spiro atoms. The first-order valence-corrected chi connectivity index (χ1v) is 16.0. The van der Waals surface area contributed by atoms with Crippen molar-refractivity contribution in [3.8, 4) is 11.1 Å². The SMILES string of the molecule is c1ccc(-c2ccc(N(c3ccc4c(c3)sc3ccccc34)c3ccc4c(c3)sc3cc5cnccc5cc34)cc2)cc1. The molecule has 202 valence electrons. The third kappa shape index (κ3) is 4.10. The molecular formula is C39H24N2S2. The molecule has 0 N–H and O–H groups in total.